The molecule has 0 aliphatic rings. The second-order valence-corrected chi connectivity index (χ2v) is 6.98. The molecule has 0 saturated heterocycles. The lowest BCUT2D eigenvalue weighted by Gasteiger charge is -2.11. The molecule has 0 aliphatic carbocycles. The van der Waals surface area contributed by atoms with Crippen molar-refractivity contribution < 1.29 is 9.53 Å². The van der Waals surface area contributed by atoms with Gasteiger partial charge in [0.1, 0.15) is 11.6 Å². The van der Waals surface area contributed by atoms with E-state index in [0.717, 1.165) is 23.3 Å². The lowest BCUT2D eigenvalue weighted by Crippen LogP contribution is -2.11. The van der Waals surface area contributed by atoms with E-state index in [1.807, 2.05) is 72.0 Å². The molecular formula is C24H19N5O2. The number of nitrogens with one attached hydrogen (secondary N) is 1. The van der Waals surface area contributed by atoms with Crippen molar-refractivity contribution in [3.8, 4) is 11.6 Å². The predicted molar refractivity (Wildman–Crippen MR) is 119 cm³/mol. The first-order valence-corrected chi connectivity index (χ1v) is 10.00. The van der Waals surface area contributed by atoms with E-state index >= 15 is 0 Å². The summed E-state index contributed by atoms with van der Waals surface area (Å²) < 4.78 is 8.07. The summed E-state index contributed by atoms with van der Waals surface area (Å²) in [6, 6.07) is 24.1. The number of para-hydroxylation sites is 2. The number of hydrogen-bond donors (Lipinski definition) is 1. The molecule has 1 N–H and O–H groups in total. The van der Waals surface area contributed by atoms with Gasteiger partial charge in [0, 0.05) is 23.7 Å². The normalized spacial score (nSPS) is 11.0. The van der Waals surface area contributed by atoms with Crippen LogP contribution in [0.25, 0.3) is 16.7 Å². The van der Waals surface area contributed by atoms with Crippen molar-refractivity contribution in [2.24, 2.45) is 0 Å². The molecule has 152 valence electrons. The molecule has 31 heavy (non-hydrogen) atoms. The van der Waals surface area contributed by atoms with Crippen LogP contribution in [0.1, 0.15) is 23.1 Å². The maximum Gasteiger partial charge on any atom is 0.266 e. The average molecular weight is 409 g/mol. The van der Waals surface area contributed by atoms with Gasteiger partial charge in [-0.1, -0.05) is 43.3 Å². The summed E-state index contributed by atoms with van der Waals surface area (Å²) in [5.74, 6) is 1.55. The number of hydrogen-bond acceptors (Lipinski definition) is 5. The number of anilines is 1. The van der Waals surface area contributed by atoms with E-state index in [0.29, 0.717) is 28.5 Å². The van der Waals surface area contributed by atoms with Gasteiger partial charge in [-0.15, -0.1) is 10.2 Å². The number of carbonyl (C=O) groups is 1. The Morgan fingerprint density at radius 1 is 0.968 bits per heavy atom. The van der Waals surface area contributed by atoms with Crippen LogP contribution in [0.2, 0.25) is 0 Å². The number of carbonyl (C=O) groups excluding carboxylic acids is 1. The minimum Gasteiger partial charge on any atom is -0.436 e. The summed E-state index contributed by atoms with van der Waals surface area (Å²) in [5, 5.41) is 11.5. The molecule has 0 spiro atoms. The lowest BCUT2D eigenvalue weighted by molar-refractivity contribution is 0.102. The van der Waals surface area contributed by atoms with Gasteiger partial charge in [0.15, 0.2) is 0 Å². The molecule has 7 nitrogen and oxygen atoms in total. The van der Waals surface area contributed by atoms with E-state index in [2.05, 4.69) is 20.5 Å². The Kier molecular flexibility index (Phi) is 4.76. The molecule has 0 bridgehead atoms. The molecular weight excluding hydrogens is 390 g/mol. The van der Waals surface area contributed by atoms with Gasteiger partial charge in [0.05, 0.1) is 11.0 Å². The van der Waals surface area contributed by atoms with Crippen molar-refractivity contribution >= 4 is 28.3 Å². The SMILES string of the molecule is CCc1nnc2c(Oc3cccc(NC(=O)c4ccccc4)c3)nc3ccccc3n12. The van der Waals surface area contributed by atoms with Crippen LogP contribution < -0.4 is 10.1 Å². The summed E-state index contributed by atoms with van der Waals surface area (Å²) in [4.78, 5) is 17.1. The van der Waals surface area contributed by atoms with Gasteiger partial charge >= 0.3 is 0 Å². The number of amides is 1. The highest BCUT2D eigenvalue weighted by Gasteiger charge is 2.16. The Bertz CT molecular complexity index is 1400. The molecule has 0 unspecified atom stereocenters. The summed E-state index contributed by atoms with van der Waals surface area (Å²) >= 11 is 0. The van der Waals surface area contributed by atoms with Gasteiger partial charge < -0.3 is 10.1 Å². The minimum atomic E-state index is -0.186. The third-order valence-corrected chi connectivity index (χ3v) is 4.92. The van der Waals surface area contributed by atoms with Crippen LogP contribution in [0.15, 0.2) is 78.9 Å². The molecule has 5 aromatic rings. The molecule has 0 aliphatic heterocycles. The average Bonchev–Trinajstić information content (AvgIpc) is 3.25. The molecule has 5 rings (SSSR count). The number of fused-ring (bicyclic) bond motifs is 3. The van der Waals surface area contributed by atoms with Crippen LogP contribution in [-0.4, -0.2) is 25.5 Å². The highest BCUT2D eigenvalue weighted by Crippen LogP contribution is 2.29. The Morgan fingerprint density at radius 2 is 1.77 bits per heavy atom. The van der Waals surface area contributed by atoms with Crippen LogP contribution in [0, 0.1) is 0 Å². The van der Waals surface area contributed by atoms with E-state index in [1.54, 1.807) is 18.2 Å². The fourth-order valence-electron chi connectivity index (χ4n) is 3.45. The molecule has 1 amide bonds. The summed E-state index contributed by atoms with van der Waals surface area (Å²) in [6.07, 6.45) is 0.732. The van der Waals surface area contributed by atoms with Crippen molar-refractivity contribution in [3.63, 3.8) is 0 Å². The van der Waals surface area contributed by atoms with Crippen molar-refractivity contribution in [2.75, 3.05) is 5.32 Å². The van der Waals surface area contributed by atoms with Crippen molar-refractivity contribution in [1.82, 2.24) is 19.6 Å². The Hall–Kier alpha value is -4.26. The molecule has 0 saturated carbocycles. The largest absolute Gasteiger partial charge is 0.436 e. The number of nitrogens with zero attached hydrogens (tertiary/aromatic N) is 4. The van der Waals surface area contributed by atoms with Gasteiger partial charge in [0.2, 0.25) is 5.65 Å². The number of ether oxygens (including phenoxy) is 1. The van der Waals surface area contributed by atoms with E-state index in [-0.39, 0.29) is 5.91 Å². The first-order chi connectivity index (χ1) is 15.2. The fourth-order valence-corrected chi connectivity index (χ4v) is 3.45. The van der Waals surface area contributed by atoms with Crippen LogP contribution in [-0.2, 0) is 6.42 Å². The molecule has 0 fully saturated rings. The summed E-state index contributed by atoms with van der Waals surface area (Å²) in [6.45, 7) is 2.03. The molecule has 0 atom stereocenters. The number of benzene rings is 3. The Balaban J connectivity index is 1.49. The first-order valence-electron chi connectivity index (χ1n) is 10.00. The highest BCUT2D eigenvalue weighted by atomic mass is 16.5. The van der Waals surface area contributed by atoms with E-state index in [9.17, 15) is 4.79 Å². The highest BCUT2D eigenvalue weighted by molar-refractivity contribution is 6.04. The zero-order valence-corrected chi connectivity index (χ0v) is 16.8. The minimum absolute atomic E-state index is 0.186. The van der Waals surface area contributed by atoms with Crippen LogP contribution in [0.5, 0.6) is 11.6 Å². The molecule has 2 aromatic heterocycles. The Labute approximate surface area is 178 Å². The third-order valence-electron chi connectivity index (χ3n) is 4.92. The van der Waals surface area contributed by atoms with Gasteiger partial charge in [-0.3, -0.25) is 9.20 Å². The van der Waals surface area contributed by atoms with Gasteiger partial charge in [-0.2, -0.15) is 0 Å². The Morgan fingerprint density at radius 3 is 2.61 bits per heavy atom. The zero-order valence-electron chi connectivity index (χ0n) is 16.8. The second-order valence-electron chi connectivity index (χ2n) is 6.98. The molecule has 7 heteroatoms. The molecule has 3 aromatic carbocycles. The summed E-state index contributed by atoms with van der Waals surface area (Å²) in [7, 11) is 0. The second kappa shape index (κ2) is 7.87. The van der Waals surface area contributed by atoms with Gasteiger partial charge in [-0.25, -0.2) is 4.98 Å². The number of rotatable bonds is 5. The third kappa shape index (κ3) is 3.57. The van der Waals surface area contributed by atoms with E-state index in [4.69, 9.17) is 4.74 Å². The molecule has 0 radical (unpaired) electrons. The number of aryl methyl sites for hydroxylation is 1. The molecule has 2 heterocycles. The van der Waals surface area contributed by atoms with Gasteiger partial charge in [0.25, 0.3) is 11.8 Å². The smallest absolute Gasteiger partial charge is 0.266 e. The lowest BCUT2D eigenvalue weighted by atomic mass is 10.2. The topological polar surface area (TPSA) is 81.4 Å². The van der Waals surface area contributed by atoms with E-state index in [1.165, 1.54) is 0 Å². The monoisotopic (exact) mass is 409 g/mol. The van der Waals surface area contributed by atoms with E-state index < -0.39 is 0 Å². The van der Waals surface area contributed by atoms with Crippen LogP contribution in [0.3, 0.4) is 0 Å². The van der Waals surface area contributed by atoms with Crippen molar-refractivity contribution in [2.45, 2.75) is 13.3 Å². The van der Waals surface area contributed by atoms with Gasteiger partial charge in [-0.05, 0) is 36.4 Å². The van der Waals surface area contributed by atoms with Crippen LogP contribution in [0.4, 0.5) is 5.69 Å². The fraction of sp³-hybridized carbons (Fsp3) is 0.0833. The standard InChI is InChI=1S/C24H19N5O2/c1-2-21-27-28-22-24(26-19-13-6-7-14-20(19)29(21)22)31-18-12-8-11-17(15-18)25-23(30)16-9-4-3-5-10-16/h3-15H,2H2,1H3,(H,25,30). The first kappa shape index (κ1) is 18.7. The summed E-state index contributed by atoms with van der Waals surface area (Å²) in [5.41, 5.74) is 3.47. The maximum absolute atomic E-state index is 12.5. The van der Waals surface area contributed by atoms with Crippen molar-refractivity contribution in [1.29, 1.82) is 0 Å². The quantitative estimate of drug-likeness (QED) is 0.447. The maximum atomic E-state index is 12.5. The van der Waals surface area contributed by atoms with Crippen molar-refractivity contribution in [3.05, 3.63) is 90.3 Å². The predicted octanol–water partition coefficient (Wildman–Crippen LogP) is 4.88. The zero-order chi connectivity index (χ0) is 21.2. The van der Waals surface area contributed by atoms with Crippen LogP contribution >= 0.6 is 0 Å². The number of aromatic nitrogens is 4.